The first kappa shape index (κ1) is 15.1. The zero-order valence-corrected chi connectivity index (χ0v) is 10.9. The Bertz CT molecular complexity index is 626. The van der Waals surface area contributed by atoms with E-state index in [9.17, 15) is 17.6 Å². The highest BCUT2D eigenvalue weighted by Gasteiger charge is 2.32. The number of pyridine rings is 1. The fourth-order valence-electron chi connectivity index (χ4n) is 1.81. The van der Waals surface area contributed by atoms with Crippen molar-refractivity contribution in [2.24, 2.45) is 0 Å². The SMILES string of the molecule is Nc1cnc(C(F)(F)F)cc1NCCc1ccccc1F. The maximum atomic E-state index is 13.4. The van der Waals surface area contributed by atoms with Crippen molar-refractivity contribution in [3.63, 3.8) is 0 Å². The molecule has 1 aromatic carbocycles. The molecule has 2 rings (SSSR count). The van der Waals surface area contributed by atoms with E-state index in [1.54, 1.807) is 18.2 Å². The molecule has 0 spiro atoms. The van der Waals surface area contributed by atoms with Gasteiger partial charge in [-0.2, -0.15) is 13.2 Å². The van der Waals surface area contributed by atoms with Gasteiger partial charge in [-0.3, -0.25) is 0 Å². The van der Waals surface area contributed by atoms with Crippen LogP contribution in [0.15, 0.2) is 36.5 Å². The molecule has 0 aliphatic rings. The topological polar surface area (TPSA) is 50.9 Å². The molecule has 0 saturated heterocycles. The average molecular weight is 299 g/mol. The van der Waals surface area contributed by atoms with Crippen LogP contribution >= 0.6 is 0 Å². The number of nitrogens with zero attached hydrogens (tertiary/aromatic N) is 1. The summed E-state index contributed by atoms with van der Waals surface area (Å²) in [5, 5.41) is 2.77. The largest absolute Gasteiger partial charge is 0.433 e. The number of hydrogen-bond acceptors (Lipinski definition) is 3. The van der Waals surface area contributed by atoms with Crippen molar-refractivity contribution < 1.29 is 17.6 Å². The van der Waals surface area contributed by atoms with Gasteiger partial charge >= 0.3 is 6.18 Å². The molecule has 21 heavy (non-hydrogen) atoms. The molecule has 0 fully saturated rings. The Morgan fingerprint density at radius 3 is 2.57 bits per heavy atom. The third-order valence-corrected chi connectivity index (χ3v) is 2.89. The molecule has 0 amide bonds. The zero-order valence-electron chi connectivity index (χ0n) is 10.9. The molecule has 0 unspecified atom stereocenters. The molecular formula is C14H13F4N3. The van der Waals surface area contributed by atoms with E-state index >= 15 is 0 Å². The highest BCUT2D eigenvalue weighted by atomic mass is 19.4. The maximum Gasteiger partial charge on any atom is 0.433 e. The lowest BCUT2D eigenvalue weighted by atomic mass is 10.1. The van der Waals surface area contributed by atoms with Crippen molar-refractivity contribution in [3.05, 3.63) is 53.6 Å². The Balaban J connectivity index is 2.05. The number of alkyl halides is 3. The first-order chi connectivity index (χ1) is 9.88. The summed E-state index contributed by atoms with van der Waals surface area (Å²) in [6.07, 6.45) is -3.25. The van der Waals surface area contributed by atoms with Crippen molar-refractivity contribution in [1.29, 1.82) is 0 Å². The Kier molecular flexibility index (Phi) is 4.30. The van der Waals surface area contributed by atoms with Crippen LogP contribution in [0.4, 0.5) is 28.9 Å². The van der Waals surface area contributed by atoms with Gasteiger partial charge in [0.2, 0.25) is 0 Å². The number of nitrogens with two attached hydrogens (primary N) is 1. The molecule has 3 nitrogen and oxygen atoms in total. The van der Waals surface area contributed by atoms with Crippen LogP contribution < -0.4 is 11.1 Å². The fraction of sp³-hybridized carbons (Fsp3) is 0.214. The second kappa shape index (κ2) is 5.99. The highest BCUT2D eigenvalue weighted by molar-refractivity contribution is 5.65. The minimum Gasteiger partial charge on any atom is -0.396 e. The van der Waals surface area contributed by atoms with Crippen LogP contribution in [0.5, 0.6) is 0 Å². The summed E-state index contributed by atoms with van der Waals surface area (Å²) < 4.78 is 51.1. The average Bonchev–Trinajstić information content (AvgIpc) is 2.41. The van der Waals surface area contributed by atoms with Gasteiger partial charge in [0, 0.05) is 6.54 Å². The van der Waals surface area contributed by atoms with Crippen molar-refractivity contribution in [1.82, 2.24) is 4.98 Å². The number of nitrogen functional groups attached to an aromatic ring is 1. The van der Waals surface area contributed by atoms with Crippen LogP contribution in [-0.4, -0.2) is 11.5 Å². The van der Waals surface area contributed by atoms with Crippen LogP contribution in [0.25, 0.3) is 0 Å². The van der Waals surface area contributed by atoms with Crippen molar-refractivity contribution in [3.8, 4) is 0 Å². The minimum absolute atomic E-state index is 0.108. The van der Waals surface area contributed by atoms with Crippen LogP contribution in [-0.2, 0) is 12.6 Å². The zero-order chi connectivity index (χ0) is 15.5. The second-order valence-electron chi connectivity index (χ2n) is 4.42. The summed E-state index contributed by atoms with van der Waals surface area (Å²) in [6.45, 7) is 0.256. The highest BCUT2D eigenvalue weighted by Crippen LogP contribution is 2.31. The number of benzene rings is 1. The molecule has 0 bridgehead atoms. The molecule has 1 aromatic heterocycles. The van der Waals surface area contributed by atoms with Crippen LogP contribution in [0.2, 0.25) is 0 Å². The van der Waals surface area contributed by atoms with E-state index in [0.717, 1.165) is 12.3 Å². The predicted octanol–water partition coefficient (Wildman–Crippen LogP) is 3.48. The van der Waals surface area contributed by atoms with Gasteiger partial charge in [-0.15, -0.1) is 0 Å². The van der Waals surface area contributed by atoms with Crippen LogP contribution in [0.3, 0.4) is 0 Å². The lowest BCUT2D eigenvalue weighted by Gasteiger charge is -2.12. The van der Waals surface area contributed by atoms with Gasteiger partial charge in [0.05, 0.1) is 17.6 Å². The summed E-state index contributed by atoms with van der Waals surface area (Å²) in [7, 11) is 0. The van der Waals surface area contributed by atoms with E-state index in [0.29, 0.717) is 12.0 Å². The first-order valence-corrected chi connectivity index (χ1v) is 6.18. The summed E-state index contributed by atoms with van der Waals surface area (Å²) in [6, 6.07) is 7.06. The molecule has 0 aliphatic heterocycles. The molecule has 0 radical (unpaired) electrons. The maximum absolute atomic E-state index is 13.4. The van der Waals surface area contributed by atoms with E-state index in [2.05, 4.69) is 10.3 Å². The lowest BCUT2D eigenvalue weighted by Crippen LogP contribution is -2.12. The molecule has 3 N–H and O–H groups in total. The number of aromatic nitrogens is 1. The standard InChI is InChI=1S/C14H13F4N3/c15-10-4-2-1-3-9(10)5-6-20-12-7-13(14(16,17)18)21-8-11(12)19/h1-4,7-8H,5-6,19H2,(H,20,21). The van der Waals surface area contributed by atoms with Crippen LogP contribution in [0.1, 0.15) is 11.3 Å². The lowest BCUT2D eigenvalue weighted by molar-refractivity contribution is -0.141. The molecule has 1 heterocycles. The second-order valence-corrected chi connectivity index (χ2v) is 4.42. The minimum atomic E-state index is -4.53. The molecule has 0 aliphatic carbocycles. The number of nitrogens with one attached hydrogen (secondary N) is 1. The van der Waals surface area contributed by atoms with Crippen molar-refractivity contribution in [2.75, 3.05) is 17.6 Å². The number of hydrogen-bond donors (Lipinski definition) is 2. The molecular weight excluding hydrogens is 286 g/mol. The summed E-state index contributed by atoms with van der Waals surface area (Å²) in [4.78, 5) is 3.24. The van der Waals surface area contributed by atoms with Gasteiger partial charge in [0.15, 0.2) is 0 Å². The monoisotopic (exact) mass is 299 g/mol. The molecule has 0 atom stereocenters. The summed E-state index contributed by atoms with van der Waals surface area (Å²) >= 11 is 0. The first-order valence-electron chi connectivity index (χ1n) is 6.18. The Labute approximate surface area is 118 Å². The smallest absolute Gasteiger partial charge is 0.396 e. The van der Waals surface area contributed by atoms with Crippen molar-refractivity contribution in [2.45, 2.75) is 12.6 Å². The Morgan fingerprint density at radius 1 is 1.19 bits per heavy atom. The Morgan fingerprint density at radius 2 is 1.90 bits per heavy atom. The van der Waals surface area contributed by atoms with E-state index in [1.807, 2.05) is 0 Å². The van der Waals surface area contributed by atoms with Gasteiger partial charge in [-0.05, 0) is 24.1 Å². The third-order valence-electron chi connectivity index (χ3n) is 2.89. The number of rotatable bonds is 4. The van der Waals surface area contributed by atoms with Gasteiger partial charge < -0.3 is 11.1 Å². The molecule has 2 aromatic rings. The van der Waals surface area contributed by atoms with Gasteiger partial charge in [-0.1, -0.05) is 18.2 Å². The number of halogens is 4. The quantitative estimate of drug-likeness (QED) is 0.850. The van der Waals surface area contributed by atoms with Gasteiger partial charge in [0.25, 0.3) is 0 Å². The van der Waals surface area contributed by atoms with E-state index in [-0.39, 0.29) is 23.7 Å². The normalized spacial score (nSPS) is 11.4. The Hall–Kier alpha value is -2.31. The van der Waals surface area contributed by atoms with E-state index in [1.165, 1.54) is 6.07 Å². The number of anilines is 2. The van der Waals surface area contributed by atoms with Gasteiger partial charge in [-0.25, -0.2) is 9.37 Å². The van der Waals surface area contributed by atoms with Gasteiger partial charge in [0.1, 0.15) is 11.5 Å². The summed E-state index contributed by atoms with van der Waals surface area (Å²) in [5.41, 5.74) is 5.27. The van der Waals surface area contributed by atoms with E-state index in [4.69, 9.17) is 5.73 Å². The third kappa shape index (κ3) is 3.84. The summed E-state index contributed by atoms with van der Waals surface area (Å²) in [5.74, 6) is -0.349. The predicted molar refractivity (Wildman–Crippen MR) is 72.2 cm³/mol. The molecule has 112 valence electrons. The molecule has 0 saturated carbocycles. The van der Waals surface area contributed by atoms with Crippen molar-refractivity contribution >= 4 is 11.4 Å². The van der Waals surface area contributed by atoms with Crippen LogP contribution in [0, 0.1) is 5.82 Å². The fourth-order valence-corrected chi connectivity index (χ4v) is 1.81. The molecule has 7 heteroatoms. The van der Waals surface area contributed by atoms with E-state index < -0.39 is 11.9 Å².